The summed E-state index contributed by atoms with van der Waals surface area (Å²) in [6, 6.07) is 9.92. The van der Waals surface area contributed by atoms with E-state index < -0.39 is 0 Å². The Labute approximate surface area is 95.8 Å². The van der Waals surface area contributed by atoms with Crippen molar-refractivity contribution >= 4 is 17.5 Å². The summed E-state index contributed by atoms with van der Waals surface area (Å²) in [6.45, 7) is 2.48. The van der Waals surface area contributed by atoms with Crippen molar-refractivity contribution in [1.82, 2.24) is 4.90 Å². The van der Waals surface area contributed by atoms with Gasteiger partial charge >= 0.3 is 0 Å². The fraction of sp³-hybridized carbons (Fsp3) is 0.417. The van der Waals surface area contributed by atoms with Gasteiger partial charge in [-0.25, -0.2) is 0 Å². The van der Waals surface area contributed by atoms with Gasteiger partial charge in [0.05, 0.1) is 0 Å². The van der Waals surface area contributed by atoms with Crippen LogP contribution >= 0.6 is 11.6 Å². The van der Waals surface area contributed by atoms with Crippen molar-refractivity contribution < 1.29 is 4.79 Å². The zero-order valence-corrected chi connectivity index (χ0v) is 9.87. The van der Waals surface area contributed by atoms with E-state index in [4.69, 9.17) is 11.6 Å². The number of rotatable bonds is 4. The minimum absolute atomic E-state index is 0.0915. The number of benzene rings is 1. The van der Waals surface area contributed by atoms with Crippen molar-refractivity contribution in [2.24, 2.45) is 5.92 Å². The maximum absolute atomic E-state index is 11.7. The first-order valence-corrected chi connectivity index (χ1v) is 5.53. The van der Waals surface area contributed by atoms with Crippen LogP contribution in [-0.4, -0.2) is 23.7 Å². The summed E-state index contributed by atoms with van der Waals surface area (Å²) < 4.78 is 0. The van der Waals surface area contributed by atoms with Gasteiger partial charge in [-0.2, -0.15) is 0 Å². The molecule has 0 saturated heterocycles. The molecule has 0 radical (unpaired) electrons. The second kappa shape index (κ2) is 5.76. The van der Waals surface area contributed by atoms with E-state index >= 15 is 0 Å². The van der Waals surface area contributed by atoms with Crippen LogP contribution in [0.1, 0.15) is 12.5 Å². The fourth-order valence-corrected chi connectivity index (χ4v) is 1.51. The number of carbonyl (C=O) groups excluding carboxylic acids is 1. The predicted octanol–water partition coefficient (Wildman–Crippen LogP) is 2.52. The van der Waals surface area contributed by atoms with Crippen LogP contribution in [0.2, 0.25) is 0 Å². The van der Waals surface area contributed by atoms with E-state index in [0.29, 0.717) is 12.4 Å². The third kappa shape index (κ3) is 3.56. The molecule has 0 aliphatic rings. The highest BCUT2D eigenvalue weighted by atomic mass is 35.5. The summed E-state index contributed by atoms with van der Waals surface area (Å²) in [5, 5.41) is 0. The number of hydrogen-bond donors (Lipinski definition) is 0. The van der Waals surface area contributed by atoms with Crippen molar-refractivity contribution in [2.45, 2.75) is 13.5 Å². The molecular formula is C12H16ClNO. The number of alkyl halides is 1. The molecule has 15 heavy (non-hydrogen) atoms. The van der Waals surface area contributed by atoms with Gasteiger partial charge in [0.25, 0.3) is 0 Å². The van der Waals surface area contributed by atoms with Crippen LogP contribution in [-0.2, 0) is 11.3 Å². The zero-order chi connectivity index (χ0) is 11.3. The highest BCUT2D eigenvalue weighted by Crippen LogP contribution is 2.07. The first-order chi connectivity index (χ1) is 7.15. The quantitative estimate of drug-likeness (QED) is 0.722. The van der Waals surface area contributed by atoms with Gasteiger partial charge in [0.2, 0.25) is 5.91 Å². The zero-order valence-electron chi connectivity index (χ0n) is 9.11. The molecule has 3 heteroatoms. The van der Waals surface area contributed by atoms with Gasteiger partial charge in [-0.1, -0.05) is 37.3 Å². The molecule has 0 aromatic heterocycles. The summed E-state index contributed by atoms with van der Waals surface area (Å²) in [4.78, 5) is 13.4. The van der Waals surface area contributed by atoms with Crippen molar-refractivity contribution in [3.63, 3.8) is 0 Å². The van der Waals surface area contributed by atoms with Crippen LogP contribution in [0.25, 0.3) is 0 Å². The maximum Gasteiger partial charge on any atom is 0.226 e. The average Bonchev–Trinajstić information content (AvgIpc) is 2.28. The average molecular weight is 226 g/mol. The number of amides is 1. The topological polar surface area (TPSA) is 20.3 Å². The van der Waals surface area contributed by atoms with Gasteiger partial charge in [-0.15, -0.1) is 11.6 Å². The van der Waals surface area contributed by atoms with Crippen LogP contribution < -0.4 is 0 Å². The lowest BCUT2D eigenvalue weighted by Gasteiger charge is -2.20. The molecule has 0 spiro atoms. The summed E-state index contributed by atoms with van der Waals surface area (Å²) in [7, 11) is 1.80. The van der Waals surface area contributed by atoms with Gasteiger partial charge in [0.15, 0.2) is 0 Å². The fourth-order valence-electron chi connectivity index (χ4n) is 1.38. The molecule has 1 unspecified atom stereocenters. The Morgan fingerprint density at radius 2 is 2.00 bits per heavy atom. The number of halogens is 1. The first-order valence-electron chi connectivity index (χ1n) is 5.00. The molecule has 0 saturated carbocycles. The summed E-state index contributed by atoms with van der Waals surface area (Å²) >= 11 is 5.65. The smallest absolute Gasteiger partial charge is 0.226 e. The molecule has 1 amide bonds. The Bertz CT molecular complexity index is 313. The molecule has 0 aliphatic carbocycles. The Morgan fingerprint density at radius 1 is 1.40 bits per heavy atom. The molecule has 1 aromatic rings. The third-order valence-electron chi connectivity index (χ3n) is 2.29. The van der Waals surface area contributed by atoms with Crippen LogP contribution in [0.15, 0.2) is 30.3 Å². The standard InChI is InChI=1S/C12H16ClNO/c1-10(8-13)12(15)14(2)9-11-6-4-3-5-7-11/h3-7,10H,8-9H2,1-2H3. The van der Waals surface area contributed by atoms with E-state index in [9.17, 15) is 4.79 Å². The van der Waals surface area contributed by atoms with Crippen molar-refractivity contribution in [3.8, 4) is 0 Å². The van der Waals surface area contributed by atoms with Crippen LogP contribution in [0.5, 0.6) is 0 Å². The Balaban J connectivity index is 2.56. The first kappa shape index (κ1) is 12.1. The number of nitrogens with zero attached hydrogens (tertiary/aromatic N) is 1. The van der Waals surface area contributed by atoms with Crippen LogP contribution in [0.3, 0.4) is 0 Å². The van der Waals surface area contributed by atoms with E-state index in [-0.39, 0.29) is 11.8 Å². The van der Waals surface area contributed by atoms with E-state index in [1.807, 2.05) is 37.3 Å². The molecular weight excluding hydrogens is 210 g/mol. The lowest BCUT2D eigenvalue weighted by atomic mass is 10.1. The Morgan fingerprint density at radius 3 is 2.53 bits per heavy atom. The van der Waals surface area contributed by atoms with E-state index in [1.54, 1.807) is 11.9 Å². The van der Waals surface area contributed by atoms with Crippen LogP contribution in [0, 0.1) is 5.92 Å². The normalized spacial score (nSPS) is 12.2. The molecule has 0 heterocycles. The van der Waals surface area contributed by atoms with Crippen molar-refractivity contribution in [1.29, 1.82) is 0 Å². The molecule has 0 aliphatic heterocycles. The number of carbonyl (C=O) groups is 1. The molecule has 0 bridgehead atoms. The molecule has 2 nitrogen and oxygen atoms in total. The minimum Gasteiger partial charge on any atom is -0.341 e. The second-order valence-electron chi connectivity index (χ2n) is 3.74. The summed E-state index contributed by atoms with van der Waals surface area (Å²) in [5.74, 6) is 0.354. The number of hydrogen-bond acceptors (Lipinski definition) is 1. The maximum atomic E-state index is 11.7. The van der Waals surface area contributed by atoms with Crippen LogP contribution in [0.4, 0.5) is 0 Å². The van der Waals surface area contributed by atoms with E-state index in [1.165, 1.54) is 0 Å². The van der Waals surface area contributed by atoms with E-state index in [2.05, 4.69) is 0 Å². The second-order valence-corrected chi connectivity index (χ2v) is 4.04. The van der Waals surface area contributed by atoms with Crippen molar-refractivity contribution in [2.75, 3.05) is 12.9 Å². The molecule has 1 rings (SSSR count). The molecule has 0 N–H and O–H groups in total. The van der Waals surface area contributed by atoms with E-state index in [0.717, 1.165) is 5.56 Å². The minimum atomic E-state index is -0.111. The highest BCUT2D eigenvalue weighted by molar-refractivity contribution is 6.19. The Hall–Kier alpha value is -1.02. The Kier molecular flexibility index (Phi) is 4.63. The molecule has 1 aromatic carbocycles. The van der Waals surface area contributed by atoms with Gasteiger partial charge in [0, 0.05) is 25.4 Å². The predicted molar refractivity (Wildman–Crippen MR) is 62.8 cm³/mol. The SMILES string of the molecule is CC(CCl)C(=O)N(C)Cc1ccccc1. The lowest BCUT2D eigenvalue weighted by Crippen LogP contribution is -2.31. The lowest BCUT2D eigenvalue weighted by molar-refractivity contribution is -0.133. The summed E-state index contributed by atoms with van der Waals surface area (Å²) in [5.41, 5.74) is 1.13. The highest BCUT2D eigenvalue weighted by Gasteiger charge is 2.16. The molecule has 82 valence electrons. The molecule has 0 fully saturated rings. The third-order valence-corrected chi connectivity index (χ3v) is 2.75. The van der Waals surface area contributed by atoms with Gasteiger partial charge in [-0.3, -0.25) is 4.79 Å². The van der Waals surface area contributed by atoms with Gasteiger partial charge in [0.1, 0.15) is 0 Å². The summed E-state index contributed by atoms with van der Waals surface area (Å²) in [6.07, 6.45) is 0. The van der Waals surface area contributed by atoms with Gasteiger partial charge in [-0.05, 0) is 5.56 Å². The largest absolute Gasteiger partial charge is 0.341 e. The monoisotopic (exact) mass is 225 g/mol. The molecule has 1 atom stereocenters. The van der Waals surface area contributed by atoms with Gasteiger partial charge < -0.3 is 4.90 Å². The van der Waals surface area contributed by atoms with Crippen molar-refractivity contribution in [3.05, 3.63) is 35.9 Å².